The summed E-state index contributed by atoms with van der Waals surface area (Å²) in [5, 5.41) is 5.23. The number of rotatable bonds is 4. The minimum Gasteiger partial charge on any atom is -0.462 e. The Bertz CT molecular complexity index is 850. The summed E-state index contributed by atoms with van der Waals surface area (Å²) in [6, 6.07) is 11.5. The number of hydrogen-bond donors (Lipinski definition) is 1. The van der Waals surface area contributed by atoms with Crippen LogP contribution < -0.4 is 5.32 Å². The fourth-order valence-corrected chi connectivity index (χ4v) is 2.92. The topological polar surface area (TPSA) is 55.1 Å². The molecule has 1 aromatic carbocycles. The van der Waals surface area contributed by atoms with Crippen LogP contribution in [-0.2, 0) is 4.79 Å². The van der Waals surface area contributed by atoms with Crippen molar-refractivity contribution in [2.45, 2.75) is 6.92 Å². The summed E-state index contributed by atoms with van der Waals surface area (Å²) < 4.78 is 6.39. The van der Waals surface area contributed by atoms with Crippen LogP contribution in [0.5, 0.6) is 0 Å². The molecule has 0 spiro atoms. The van der Waals surface area contributed by atoms with Gasteiger partial charge in [0, 0.05) is 21.5 Å². The minimum atomic E-state index is -0.240. The van der Waals surface area contributed by atoms with Gasteiger partial charge in [-0.3, -0.25) is 10.1 Å². The van der Waals surface area contributed by atoms with Gasteiger partial charge in [-0.15, -0.1) is 11.3 Å². The van der Waals surface area contributed by atoms with Crippen molar-refractivity contribution in [3.63, 3.8) is 0 Å². The summed E-state index contributed by atoms with van der Waals surface area (Å²) in [7, 11) is 0. The van der Waals surface area contributed by atoms with Crippen LogP contribution in [0.15, 0.2) is 56.7 Å². The number of aromatic nitrogens is 1. The molecule has 23 heavy (non-hydrogen) atoms. The second-order valence-electron chi connectivity index (χ2n) is 4.82. The van der Waals surface area contributed by atoms with Gasteiger partial charge < -0.3 is 4.42 Å². The van der Waals surface area contributed by atoms with Gasteiger partial charge in [0.05, 0.1) is 5.69 Å². The molecule has 0 bridgehead atoms. The Kier molecular flexibility index (Phi) is 4.73. The van der Waals surface area contributed by atoms with Gasteiger partial charge in [0.2, 0.25) is 5.91 Å². The van der Waals surface area contributed by atoms with E-state index in [0.717, 1.165) is 21.5 Å². The molecular weight excluding hydrogens is 376 g/mol. The zero-order valence-corrected chi connectivity index (χ0v) is 14.6. The van der Waals surface area contributed by atoms with E-state index in [1.165, 1.54) is 17.4 Å². The first-order valence-corrected chi connectivity index (χ1v) is 8.54. The van der Waals surface area contributed by atoms with Crippen molar-refractivity contribution < 1.29 is 9.21 Å². The van der Waals surface area contributed by atoms with E-state index in [-0.39, 0.29) is 5.91 Å². The second-order valence-corrected chi connectivity index (χ2v) is 6.59. The average molecular weight is 389 g/mol. The molecule has 0 saturated carbocycles. The molecule has 0 fully saturated rings. The van der Waals surface area contributed by atoms with E-state index < -0.39 is 0 Å². The van der Waals surface area contributed by atoms with Crippen molar-refractivity contribution in [1.82, 2.24) is 4.98 Å². The van der Waals surface area contributed by atoms with E-state index in [1.54, 1.807) is 6.08 Å². The average Bonchev–Trinajstić information content (AvgIpc) is 3.15. The first-order chi connectivity index (χ1) is 11.1. The SMILES string of the molecule is Cc1ccc(C=CC(=O)Nc2nc(-c3ccc(Br)cc3)cs2)o1. The normalized spacial score (nSPS) is 11.0. The summed E-state index contributed by atoms with van der Waals surface area (Å²) in [5.41, 5.74) is 1.84. The van der Waals surface area contributed by atoms with Crippen LogP contribution in [0.4, 0.5) is 5.13 Å². The first-order valence-electron chi connectivity index (χ1n) is 6.87. The molecule has 2 aromatic heterocycles. The molecule has 0 radical (unpaired) electrons. The van der Waals surface area contributed by atoms with Gasteiger partial charge in [-0.25, -0.2) is 4.98 Å². The van der Waals surface area contributed by atoms with Crippen molar-refractivity contribution in [1.29, 1.82) is 0 Å². The maximum absolute atomic E-state index is 11.9. The number of amides is 1. The number of thiazole rings is 1. The molecule has 116 valence electrons. The third kappa shape index (κ3) is 4.18. The number of anilines is 1. The van der Waals surface area contributed by atoms with Gasteiger partial charge in [0.25, 0.3) is 0 Å². The number of carbonyl (C=O) groups excluding carboxylic acids is 1. The second kappa shape index (κ2) is 6.93. The van der Waals surface area contributed by atoms with Gasteiger partial charge in [0.15, 0.2) is 5.13 Å². The molecule has 0 aliphatic rings. The maximum Gasteiger partial charge on any atom is 0.250 e. The van der Waals surface area contributed by atoms with Crippen molar-refractivity contribution in [3.05, 3.63) is 63.8 Å². The minimum absolute atomic E-state index is 0.240. The standard InChI is InChI=1S/C17H13BrN2O2S/c1-11-2-7-14(22-11)8-9-16(21)20-17-19-15(10-23-17)12-3-5-13(18)6-4-12/h2-10H,1H3,(H,19,20,21). The van der Waals surface area contributed by atoms with Gasteiger partial charge in [0.1, 0.15) is 11.5 Å². The zero-order chi connectivity index (χ0) is 16.2. The molecule has 3 aromatic rings. The maximum atomic E-state index is 11.9. The smallest absolute Gasteiger partial charge is 0.250 e. The van der Waals surface area contributed by atoms with Crippen LogP contribution in [-0.4, -0.2) is 10.9 Å². The van der Waals surface area contributed by atoms with Crippen LogP contribution in [0.3, 0.4) is 0 Å². The lowest BCUT2D eigenvalue weighted by atomic mass is 10.2. The van der Waals surface area contributed by atoms with E-state index in [0.29, 0.717) is 10.9 Å². The fourth-order valence-electron chi connectivity index (χ4n) is 1.93. The van der Waals surface area contributed by atoms with Crippen LogP contribution in [0.25, 0.3) is 17.3 Å². The van der Waals surface area contributed by atoms with Gasteiger partial charge in [-0.1, -0.05) is 28.1 Å². The number of furan rings is 1. The molecule has 3 rings (SSSR count). The molecule has 1 amide bonds. The highest BCUT2D eigenvalue weighted by atomic mass is 79.9. The van der Waals surface area contributed by atoms with E-state index in [9.17, 15) is 4.79 Å². The Morgan fingerprint density at radius 1 is 1.26 bits per heavy atom. The van der Waals surface area contributed by atoms with E-state index >= 15 is 0 Å². The highest BCUT2D eigenvalue weighted by Crippen LogP contribution is 2.26. The highest BCUT2D eigenvalue weighted by Gasteiger charge is 2.06. The Labute approximate surface area is 146 Å². The highest BCUT2D eigenvalue weighted by molar-refractivity contribution is 9.10. The van der Waals surface area contributed by atoms with Crippen LogP contribution in [0.2, 0.25) is 0 Å². The zero-order valence-electron chi connectivity index (χ0n) is 12.2. The van der Waals surface area contributed by atoms with Crippen LogP contribution >= 0.6 is 27.3 Å². The van der Waals surface area contributed by atoms with Gasteiger partial charge >= 0.3 is 0 Å². The van der Waals surface area contributed by atoms with Crippen molar-refractivity contribution in [2.24, 2.45) is 0 Å². The quantitative estimate of drug-likeness (QED) is 0.630. The summed E-state index contributed by atoms with van der Waals surface area (Å²) in [6.07, 6.45) is 3.06. The number of halogens is 1. The molecule has 0 aliphatic heterocycles. The molecule has 2 heterocycles. The van der Waals surface area contributed by atoms with E-state index in [4.69, 9.17) is 4.42 Å². The van der Waals surface area contributed by atoms with Gasteiger partial charge in [-0.2, -0.15) is 0 Å². The predicted molar refractivity (Wildman–Crippen MR) is 96.4 cm³/mol. The fraction of sp³-hybridized carbons (Fsp3) is 0.0588. The Balaban J connectivity index is 1.65. The van der Waals surface area contributed by atoms with Crippen molar-refractivity contribution in [2.75, 3.05) is 5.32 Å². The number of carbonyl (C=O) groups is 1. The molecule has 0 unspecified atom stereocenters. The number of nitrogens with zero attached hydrogens (tertiary/aromatic N) is 1. The lowest BCUT2D eigenvalue weighted by Gasteiger charge is -1.97. The molecule has 6 heteroatoms. The number of benzene rings is 1. The molecule has 0 atom stereocenters. The summed E-state index contributed by atoms with van der Waals surface area (Å²) in [4.78, 5) is 16.3. The van der Waals surface area contributed by atoms with Gasteiger partial charge in [-0.05, 0) is 37.3 Å². The van der Waals surface area contributed by atoms with Crippen LogP contribution in [0.1, 0.15) is 11.5 Å². The summed E-state index contributed by atoms with van der Waals surface area (Å²) in [6.45, 7) is 1.86. The molecule has 0 saturated heterocycles. The third-order valence-corrected chi connectivity index (χ3v) is 4.32. The van der Waals surface area contributed by atoms with Crippen LogP contribution in [0, 0.1) is 6.92 Å². The van der Waals surface area contributed by atoms with E-state index in [1.807, 2.05) is 48.7 Å². The number of nitrogens with one attached hydrogen (secondary N) is 1. The first kappa shape index (κ1) is 15.7. The summed E-state index contributed by atoms with van der Waals surface area (Å²) in [5.74, 6) is 1.22. The molecule has 0 aliphatic carbocycles. The van der Waals surface area contributed by atoms with Crippen molar-refractivity contribution >= 4 is 44.4 Å². The number of aryl methyl sites for hydroxylation is 1. The molecular formula is C17H13BrN2O2S. The lowest BCUT2D eigenvalue weighted by molar-refractivity contribution is -0.111. The third-order valence-electron chi connectivity index (χ3n) is 3.03. The number of hydrogen-bond acceptors (Lipinski definition) is 4. The predicted octanol–water partition coefficient (Wildman–Crippen LogP) is 5.13. The Morgan fingerprint density at radius 2 is 2.04 bits per heavy atom. The summed E-state index contributed by atoms with van der Waals surface area (Å²) >= 11 is 4.79. The monoisotopic (exact) mass is 388 g/mol. The Hall–Kier alpha value is -2.18. The van der Waals surface area contributed by atoms with Crippen molar-refractivity contribution in [3.8, 4) is 11.3 Å². The Morgan fingerprint density at radius 3 is 2.74 bits per heavy atom. The lowest BCUT2D eigenvalue weighted by Crippen LogP contribution is -2.07. The molecule has 1 N–H and O–H groups in total. The largest absolute Gasteiger partial charge is 0.462 e. The molecule has 4 nitrogen and oxygen atoms in total. The van der Waals surface area contributed by atoms with E-state index in [2.05, 4.69) is 26.2 Å².